The van der Waals surface area contributed by atoms with E-state index in [-0.39, 0.29) is 43.9 Å². The summed E-state index contributed by atoms with van der Waals surface area (Å²) in [7, 11) is 0. The predicted molar refractivity (Wildman–Crippen MR) is 93.8 cm³/mol. The van der Waals surface area contributed by atoms with Crippen molar-refractivity contribution in [3.05, 3.63) is 52.4 Å². The first-order chi connectivity index (χ1) is 14.4. The van der Waals surface area contributed by atoms with Crippen LogP contribution in [-0.2, 0) is 30.5 Å². The van der Waals surface area contributed by atoms with E-state index < -0.39 is 52.9 Å². The fourth-order valence-corrected chi connectivity index (χ4v) is 3.42. The Morgan fingerprint density at radius 3 is 2.35 bits per heavy atom. The van der Waals surface area contributed by atoms with Crippen LogP contribution in [0.3, 0.4) is 0 Å². The summed E-state index contributed by atoms with van der Waals surface area (Å²) in [6.07, 6.45) is -5.49. The smallest absolute Gasteiger partial charge is 0.364 e. The fraction of sp³-hybridized carbons (Fsp3) is 0.389. The maximum atomic E-state index is 13.8. The van der Waals surface area contributed by atoms with E-state index in [0.717, 1.165) is 4.57 Å². The van der Waals surface area contributed by atoms with Gasteiger partial charge in [-0.25, -0.2) is 18.2 Å². The summed E-state index contributed by atoms with van der Waals surface area (Å²) >= 11 is 0. The first-order valence-corrected chi connectivity index (χ1v) is 9.01. The van der Waals surface area contributed by atoms with E-state index in [9.17, 15) is 35.9 Å². The number of rotatable bonds is 5. The van der Waals surface area contributed by atoms with E-state index in [1.807, 2.05) is 0 Å². The molecule has 0 spiro atoms. The lowest BCUT2D eigenvalue weighted by Crippen LogP contribution is -2.42. The Balaban J connectivity index is 1.71. The highest BCUT2D eigenvalue weighted by molar-refractivity contribution is 5.92. The number of imidazole rings is 1. The zero-order valence-corrected chi connectivity index (χ0v) is 15.8. The van der Waals surface area contributed by atoms with Crippen LogP contribution < -0.4 is 11.5 Å². The second-order valence-electron chi connectivity index (χ2n) is 7.08. The summed E-state index contributed by atoms with van der Waals surface area (Å²) in [4.78, 5) is 28.6. The van der Waals surface area contributed by atoms with Crippen LogP contribution in [0.4, 0.5) is 26.3 Å². The van der Waals surface area contributed by atoms with Crippen molar-refractivity contribution in [3.63, 3.8) is 0 Å². The molecule has 3 rings (SSSR count). The van der Waals surface area contributed by atoms with Crippen LogP contribution in [0.15, 0.2) is 12.1 Å². The Labute approximate surface area is 171 Å². The minimum absolute atomic E-state index is 0.0357. The van der Waals surface area contributed by atoms with Gasteiger partial charge in [-0.2, -0.15) is 13.2 Å². The second kappa shape index (κ2) is 8.21. The maximum absolute atomic E-state index is 13.8. The molecule has 2 amide bonds. The van der Waals surface area contributed by atoms with Crippen LogP contribution in [0.2, 0.25) is 0 Å². The average Bonchev–Trinajstić information content (AvgIpc) is 3.05. The maximum Gasteiger partial charge on any atom is 0.435 e. The van der Waals surface area contributed by atoms with Crippen LogP contribution in [0.25, 0.3) is 0 Å². The van der Waals surface area contributed by atoms with Crippen molar-refractivity contribution >= 4 is 11.8 Å². The van der Waals surface area contributed by atoms with Gasteiger partial charge < -0.3 is 20.9 Å². The van der Waals surface area contributed by atoms with Crippen LogP contribution in [0.1, 0.15) is 34.0 Å². The lowest BCUT2D eigenvalue weighted by atomic mass is 10.0. The van der Waals surface area contributed by atoms with Crippen molar-refractivity contribution in [3.8, 4) is 0 Å². The minimum atomic E-state index is -4.90. The molecule has 13 heteroatoms. The molecule has 1 aromatic carbocycles. The van der Waals surface area contributed by atoms with Gasteiger partial charge in [0, 0.05) is 31.6 Å². The van der Waals surface area contributed by atoms with Gasteiger partial charge in [-0.15, -0.1) is 0 Å². The molecule has 168 valence electrons. The van der Waals surface area contributed by atoms with Gasteiger partial charge >= 0.3 is 6.18 Å². The molecule has 4 N–H and O–H groups in total. The molecule has 7 nitrogen and oxygen atoms in total. The summed E-state index contributed by atoms with van der Waals surface area (Å²) in [6.45, 7) is -0.497. The largest absolute Gasteiger partial charge is 0.435 e. The molecule has 0 bridgehead atoms. The second-order valence-corrected chi connectivity index (χ2v) is 7.08. The van der Waals surface area contributed by atoms with Crippen molar-refractivity contribution in [2.24, 2.45) is 11.5 Å². The number of nitrogens with zero attached hydrogens (tertiary/aromatic N) is 3. The van der Waals surface area contributed by atoms with E-state index >= 15 is 0 Å². The topological polar surface area (TPSA) is 107 Å². The van der Waals surface area contributed by atoms with Gasteiger partial charge in [0.25, 0.3) is 5.91 Å². The predicted octanol–water partition coefficient (Wildman–Crippen LogP) is 1.72. The molecule has 1 aliphatic heterocycles. The van der Waals surface area contributed by atoms with Gasteiger partial charge in [-0.3, -0.25) is 9.59 Å². The molecule has 0 fully saturated rings. The van der Waals surface area contributed by atoms with Crippen molar-refractivity contribution in [2.75, 3.05) is 6.54 Å². The number of nitrogens with two attached hydrogens (primary N) is 2. The van der Waals surface area contributed by atoms with E-state index in [4.69, 9.17) is 11.5 Å². The summed E-state index contributed by atoms with van der Waals surface area (Å²) in [5.74, 6) is -5.64. The number of hydrogen-bond donors (Lipinski definition) is 2. The molecule has 1 atom stereocenters. The molecule has 0 saturated carbocycles. The third kappa shape index (κ3) is 4.65. The molecule has 1 aliphatic rings. The molecule has 1 aromatic heterocycles. The number of benzene rings is 1. The highest BCUT2D eigenvalue weighted by Crippen LogP contribution is 2.33. The fourth-order valence-electron chi connectivity index (χ4n) is 3.42. The number of carbonyl (C=O) groups excluding carboxylic acids is 2. The zero-order chi connectivity index (χ0) is 23.1. The first kappa shape index (κ1) is 22.6. The van der Waals surface area contributed by atoms with Crippen LogP contribution in [0, 0.1) is 17.5 Å². The monoisotopic (exact) mass is 449 g/mol. The number of carbonyl (C=O) groups is 2. The lowest BCUT2D eigenvalue weighted by molar-refractivity contribution is -0.141. The summed E-state index contributed by atoms with van der Waals surface area (Å²) in [6, 6.07) is 0.0649. The van der Waals surface area contributed by atoms with E-state index in [0.29, 0.717) is 12.1 Å². The van der Waals surface area contributed by atoms with Crippen LogP contribution in [-0.4, -0.2) is 38.9 Å². The van der Waals surface area contributed by atoms with Gasteiger partial charge in [0.1, 0.15) is 17.3 Å². The molecule has 2 heterocycles. The normalized spacial score (nSPS) is 15.0. The summed E-state index contributed by atoms with van der Waals surface area (Å²) in [5.41, 5.74) is 8.48. The van der Waals surface area contributed by atoms with Crippen molar-refractivity contribution < 1.29 is 35.9 Å². The molecule has 0 aliphatic carbocycles. The Hall–Kier alpha value is -3.09. The van der Waals surface area contributed by atoms with E-state index in [1.165, 1.54) is 4.90 Å². The third-order valence-electron chi connectivity index (χ3n) is 4.84. The first-order valence-electron chi connectivity index (χ1n) is 9.01. The van der Waals surface area contributed by atoms with Crippen molar-refractivity contribution in [1.82, 2.24) is 14.5 Å². The molecular weight excluding hydrogens is 432 g/mol. The molecule has 0 unspecified atom stereocenters. The number of aromatic nitrogens is 2. The molecule has 2 aromatic rings. The number of fused-ring (bicyclic) bond motifs is 1. The Bertz CT molecular complexity index is 1040. The number of alkyl halides is 3. The highest BCUT2D eigenvalue weighted by atomic mass is 19.4. The van der Waals surface area contributed by atoms with Gasteiger partial charge in [-0.1, -0.05) is 0 Å². The lowest BCUT2D eigenvalue weighted by Gasteiger charge is -2.29. The quantitative estimate of drug-likeness (QED) is 0.536. The van der Waals surface area contributed by atoms with Gasteiger partial charge in [0.15, 0.2) is 17.3 Å². The Morgan fingerprint density at radius 2 is 1.74 bits per heavy atom. The summed E-state index contributed by atoms with van der Waals surface area (Å²) < 4.78 is 80.5. The number of halogens is 6. The van der Waals surface area contributed by atoms with E-state index in [1.54, 1.807) is 0 Å². The van der Waals surface area contributed by atoms with Gasteiger partial charge in [0.05, 0.1) is 6.54 Å². The van der Waals surface area contributed by atoms with Gasteiger partial charge in [0.2, 0.25) is 5.91 Å². The Kier molecular flexibility index (Phi) is 5.98. The highest BCUT2D eigenvalue weighted by Gasteiger charge is 2.42. The van der Waals surface area contributed by atoms with Crippen LogP contribution in [0.5, 0.6) is 0 Å². The number of primary amides is 1. The molecular formula is C18H17F6N5O2. The van der Waals surface area contributed by atoms with Crippen LogP contribution >= 0.6 is 0 Å². The van der Waals surface area contributed by atoms with Gasteiger partial charge in [-0.05, 0) is 18.1 Å². The van der Waals surface area contributed by atoms with E-state index in [2.05, 4.69) is 4.98 Å². The number of amides is 2. The minimum Gasteiger partial charge on any atom is -0.364 e. The SMILES string of the molecule is NC(=O)c1c(C(F)(F)F)nc2n1CCN(C(=O)C[C@@H](N)Cc1cc(F)c(F)cc1F)C2. The van der Waals surface area contributed by atoms with Crippen molar-refractivity contribution in [2.45, 2.75) is 38.1 Å². The Morgan fingerprint density at radius 1 is 1.10 bits per heavy atom. The average molecular weight is 449 g/mol. The molecule has 0 radical (unpaired) electrons. The summed E-state index contributed by atoms with van der Waals surface area (Å²) in [5, 5.41) is 0. The number of hydrogen-bond acceptors (Lipinski definition) is 4. The zero-order valence-electron chi connectivity index (χ0n) is 15.8. The molecule has 0 saturated heterocycles. The standard InChI is InChI=1S/C18H17F6N5O2/c19-10-6-12(21)11(20)4-8(10)3-9(25)5-14(30)28-1-2-29-13(7-28)27-16(18(22,23)24)15(29)17(26)31/h4,6,9H,1-3,5,7,25H2,(H2,26,31)/t9-/m0/s1. The molecule has 31 heavy (non-hydrogen) atoms. The van der Waals surface area contributed by atoms with Crippen molar-refractivity contribution in [1.29, 1.82) is 0 Å². The third-order valence-corrected chi connectivity index (χ3v) is 4.84.